The van der Waals surface area contributed by atoms with Crippen molar-refractivity contribution in [1.82, 2.24) is 4.31 Å². The van der Waals surface area contributed by atoms with Crippen LogP contribution in [-0.4, -0.2) is 51.2 Å². The zero-order valence-electron chi connectivity index (χ0n) is 11.8. The van der Waals surface area contributed by atoms with E-state index in [0.29, 0.717) is 11.1 Å². The van der Waals surface area contributed by atoms with Crippen LogP contribution in [0.5, 0.6) is 0 Å². The molecule has 1 rings (SSSR count). The number of aliphatic hydroxyl groups excluding tert-OH is 1. The van der Waals surface area contributed by atoms with Crippen LogP contribution in [0.1, 0.15) is 11.1 Å². The highest BCUT2D eigenvalue weighted by Crippen LogP contribution is 2.10. The summed E-state index contributed by atoms with van der Waals surface area (Å²) in [6.07, 6.45) is 0.882. The molecule has 0 heterocycles. The van der Waals surface area contributed by atoms with Crippen molar-refractivity contribution in [1.29, 1.82) is 0 Å². The van der Waals surface area contributed by atoms with Crippen molar-refractivity contribution in [2.45, 2.75) is 6.54 Å². The van der Waals surface area contributed by atoms with Gasteiger partial charge < -0.3 is 5.11 Å². The molecule has 6 nitrogen and oxygen atoms in total. The molecule has 0 spiro atoms. The summed E-state index contributed by atoms with van der Waals surface area (Å²) >= 11 is 0. The summed E-state index contributed by atoms with van der Waals surface area (Å²) in [6, 6.07) is 6.81. The molecule has 1 aromatic carbocycles. The predicted octanol–water partition coefficient (Wildman–Crippen LogP) is -0.206. The predicted molar refractivity (Wildman–Crippen MR) is 80.5 cm³/mol. The van der Waals surface area contributed by atoms with Crippen molar-refractivity contribution < 1.29 is 21.9 Å². The van der Waals surface area contributed by atoms with Gasteiger partial charge in [0.1, 0.15) is 6.61 Å². The number of hydrogen-bond acceptors (Lipinski definition) is 5. The summed E-state index contributed by atoms with van der Waals surface area (Å²) in [6.45, 7) is -0.153. The van der Waals surface area contributed by atoms with Gasteiger partial charge in [0.15, 0.2) is 14.9 Å². The van der Waals surface area contributed by atoms with E-state index in [2.05, 4.69) is 11.8 Å². The highest BCUT2D eigenvalue weighted by atomic mass is 32.3. The van der Waals surface area contributed by atoms with Gasteiger partial charge in [0, 0.05) is 25.4 Å². The second kappa shape index (κ2) is 7.04. The van der Waals surface area contributed by atoms with Gasteiger partial charge in [-0.25, -0.2) is 16.8 Å². The second-order valence-corrected chi connectivity index (χ2v) is 9.15. The Bertz CT molecular complexity index is 740. The number of aliphatic hydroxyl groups is 1. The Labute approximate surface area is 125 Å². The molecule has 0 radical (unpaired) electrons. The third-order valence-corrected chi connectivity index (χ3v) is 6.49. The Hall–Kier alpha value is -1.40. The Morgan fingerprint density at radius 1 is 1.14 bits per heavy atom. The van der Waals surface area contributed by atoms with Gasteiger partial charge in [0.25, 0.3) is 0 Å². The highest BCUT2D eigenvalue weighted by molar-refractivity contribution is 8.06. The molecule has 0 saturated heterocycles. The maximum absolute atomic E-state index is 11.9. The van der Waals surface area contributed by atoms with E-state index in [4.69, 9.17) is 5.11 Å². The van der Waals surface area contributed by atoms with Crippen molar-refractivity contribution >= 4 is 19.9 Å². The van der Waals surface area contributed by atoms with Gasteiger partial charge in [-0.05, 0) is 17.7 Å². The van der Waals surface area contributed by atoms with Crippen LogP contribution < -0.4 is 0 Å². The Kier molecular flexibility index (Phi) is 5.92. The molecule has 0 bridgehead atoms. The lowest BCUT2D eigenvalue weighted by atomic mass is 10.1. The van der Waals surface area contributed by atoms with Crippen molar-refractivity contribution in [3.05, 3.63) is 35.4 Å². The second-order valence-electron chi connectivity index (χ2n) is 4.57. The molecule has 0 unspecified atom stereocenters. The molecule has 8 heteroatoms. The Morgan fingerprint density at radius 2 is 1.71 bits per heavy atom. The first-order valence-electron chi connectivity index (χ1n) is 5.94. The van der Waals surface area contributed by atoms with Crippen molar-refractivity contribution in [3.8, 4) is 11.8 Å². The summed E-state index contributed by atoms with van der Waals surface area (Å²) < 4.78 is 46.9. The first-order valence-corrected chi connectivity index (χ1v) is 9.61. The number of sulfonamides is 1. The van der Waals surface area contributed by atoms with Gasteiger partial charge in [-0.3, -0.25) is 0 Å². The minimum atomic E-state index is -3.86. The molecule has 0 fully saturated rings. The minimum Gasteiger partial charge on any atom is -0.384 e. The lowest BCUT2D eigenvalue weighted by Gasteiger charge is -2.16. The molecular formula is C13H17NO5S2. The smallest absolute Gasteiger partial charge is 0.228 e. The largest absolute Gasteiger partial charge is 0.384 e. The highest BCUT2D eigenvalue weighted by Gasteiger charge is 2.23. The van der Waals surface area contributed by atoms with Gasteiger partial charge in [0.05, 0.1) is 0 Å². The van der Waals surface area contributed by atoms with Crippen LogP contribution in [0.25, 0.3) is 0 Å². The van der Waals surface area contributed by atoms with E-state index >= 15 is 0 Å². The molecule has 0 aliphatic rings. The first-order chi connectivity index (χ1) is 9.64. The summed E-state index contributed by atoms with van der Waals surface area (Å²) in [7, 11) is -6.13. The molecule has 0 atom stereocenters. The number of sulfone groups is 1. The molecule has 0 amide bonds. The van der Waals surface area contributed by atoms with Crippen LogP contribution in [0.4, 0.5) is 0 Å². The zero-order chi connectivity index (χ0) is 16.1. The molecule has 0 saturated carbocycles. The normalized spacial score (nSPS) is 12.0. The fraction of sp³-hybridized carbons (Fsp3) is 0.385. The minimum absolute atomic E-state index is 0.0750. The fourth-order valence-electron chi connectivity index (χ4n) is 1.55. The van der Waals surface area contributed by atoms with E-state index < -0.39 is 24.9 Å². The Morgan fingerprint density at radius 3 is 2.19 bits per heavy atom. The summed E-state index contributed by atoms with van der Waals surface area (Å²) in [4.78, 5) is 0. The molecule has 0 aromatic heterocycles. The molecular weight excluding hydrogens is 314 g/mol. The van der Waals surface area contributed by atoms with E-state index in [1.54, 1.807) is 24.3 Å². The number of rotatable bonds is 5. The molecule has 116 valence electrons. The molecule has 0 aliphatic carbocycles. The van der Waals surface area contributed by atoms with Crippen LogP contribution in [0.15, 0.2) is 24.3 Å². The maximum Gasteiger partial charge on any atom is 0.228 e. The standard InChI is InChI=1S/C13H17NO5S2/c1-14(21(18,19)11-20(2,16)17)10-13-7-5-12(6-8-13)4-3-9-15/h5-8,15H,9-11H2,1-2H3. The number of hydrogen-bond donors (Lipinski definition) is 1. The van der Waals surface area contributed by atoms with Crippen LogP contribution >= 0.6 is 0 Å². The number of nitrogens with zero attached hydrogens (tertiary/aromatic N) is 1. The summed E-state index contributed by atoms with van der Waals surface area (Å²) in [5.41, 5.74) is 1.42. The monoisotopic (exact) mass is 331 g/mol. The average Bonchev–Trinajstić information content (AvgIpc) is 2.35. The maximum atomic E-state index is 11.9. The van der Waals surface area contributed by atoms with Crippen LogP contribution in [0.2, 0.25) is 0 Å². The SMILES string of the molecule is CN(Cc1ccc(C#CCO)cc1)S(=O)(=O)CS(C)(=O)=O. The Balaban J connectivity index is 2.81. The lowest BCUT2D eigenvalue weighted by molar-refractivity contribution is 0.350. The molecule has 1 N–H and O–H groups in total. The molecule has 0 aliphatic heterocycles. The van der Waals surface area contributed by atoms with Gasteiger partial charge in [-0.15, -0.1) is 0 Å². The van der Waals surface area contributed by atoms with Gasteiger partial charge in [0.2, 0.25) is 10.0 Å². The van der Waals surface area contributed by atoms with E-state index in [-0.39, 0.29) is 13.2 Å². The van der Waals surface area contributed by atoms with Crippen LogP contribution in [-0.2, 0) is 26.4 Å². The zero-order valence-corrected chi connectivity index (χ0v) is 13.4. The molecule has 1 aromatic rings. The van der Waals surface area contributed by atoms with E-state index in [1.165, 1.54) is 7.05 Å². The molecule has 21 heavy (non-hydrogen) atoms. The van der Waals surface area contributed by atoms with Gasteiger partial charge in [-0.2, -0.15) is 4.31 Å². The fourth-order valence-corrected chi connectivity index (χ4v) is 4.78. The third kappa shape index (κ3) is 6.27. The first kappa shape index (κ1) is 17.7. The van der Waals surface area contributed by atoms with Gasteiger partial charge in [-0.1, -0.05) is 24.0 Å². The van der Waals surface area contributed by atoms with E-state index in [1.807, 2.05) is 0 Å². The van der Waals surface area contributed by atoms with E-state index in [0.717, 1.165) is 10.6 Å². The number of benzene rings is 1. The van der Waals surface area contributed by atoms with Crippen LogP contribution in [0.3, 0.4) is 0 Å². The van der Waals surface area contributed by atoms with Crippen molar-refractivity contribution in [2.75, 3.05) is 25.0 Å². The van der Waals surface area contributed by atoms with Crippen LogP contribution in [0, 0.1) is 11.8 Å². The third-order valence-electron chi connectivity index (χ3n) is 2.51. The van der Waals surface area contributed by atoms with Crippen molar-refractivity contribution in [2.24, 2.45) is 0 Å². The lowest BCUT2D eigenvalue weighted by Crippen LogP contribution is -2.31. The quantitative estimate of drug-likeness (QED) is 0.754. The van der Waals surface area contributed by atoms with E-state index in [9.17, 15) is 16.8 Å². The topological polar surface area (TPSA) is 91.8 Å². The van der Waals surface area contributed by atoms with Crippen molar-refractivity contribution in [3.63, 3.8) is 0 Å². The van der Waals surface area contributed by atoms with Gasteiger partial charge >= 0.3 is 0 Å². The average molecular weight is 331 g/mol. The summed E-state index contributed by atoms with van der Waals surface area (Å²) in [5, 5.41) is 7.68. The summed E-state index contributed by atoms with van der Waals surface area (Å²) in [5.74, 6) is 5.23.